The molecule has 2 aliphatic heterocycles. The molecule has 8 heteroatoms. The molecular weight excluding hydrogens is 500 g/mol. The van der Waals surface area contributed by atoms with Gasteiger partial charge in [0.05, 0.1) is 11.6 Å². The fourth-order valence-corrected chi connectivity index (χ4v) is 6.23. The third kappa shape index (κ3) is 5.49. The zero-order valence-electron chi connectivity index (χ0n) is 23.1. The predicted molar refractivity (Wildman–Crippen MR) is 154 cm³/mol. The number of aromatic nitrogens is 3. The number of nitrogens with zero attached hydrogens (tertiary/aromatic N) is 4. The highest BCUT2D eigenvalue weighted by atomic mass is 16.2. The van der Waals surface area contributed by atoms with E-state index < -0.39 is 6.04 Å². The normalized spacial score (nSPS) is 22.6. The minimum absolute atomic E-state index is 0.0333. The van der Waals surface area contributed by atoms with E-state index in [4.69, 9.17) is 0 Å². The van der Waals surface area contributed by atoms with Gasteiger partial charge in [-0.1, -0.05) is 71.4 Å². The molecule has 0 bridgehead atoms. The molecule has 0 aliphatic carbocycles. The number of hydrogen-bond donors (Lipinski definition) is 2. The second-order valence-corrected chi connectivity index (χ2v) is 11.4. The molecule has 2 N–H and O–H groups in total. The Balaban J connectivity index is 1.16. The first-order chi connectivity index (χ1) is 19.4. The van der Waals surface area contributed by atoms with Crippen LogP contribution in [-0.2, 0) is 29.6 Å². The van der Waals surface area contributed by atoms with Gasteiger partial charge in [0.25, 0.3) is 0 Å². The molecule has 2 saturated heterocycles. The molecule has 6 rings (SSSR count). The number of likely N-dealkylation sites (tertiary alicyclic amines) is 1. The van der Waals surface area contributed by atoms with Crippen LogP contribution >= 0.6 is 0 Å². The van der Waals surface area contributed by atoms with Gasteiger partial charge in [0.15, 0.2) is 0 Å². The maximum Gasteiger partial charge on any atom is 0.243 e. The summed E-state index contributed by atoms with van der Waals surface area (Å²) in [5.74, 6) is 0.455. The Morgan fingerprint density at radius 1 is 1.00 bits per heavy atom. The molecule has 0 unspecified atom stereocenters. The van der Waals surface area contributed by atoms with E-state index in [2.05, 4.69) is 64.3 Å². The Labute approximate surface area is 234 Å². The van der Waals surface area contributed by atoms with Crippen LogP contribution in [0.15, 0.2) is 72.8 Å². The third-order valence-corrected chi connectivity index (χ3v) is 8.46. The summed E-state index contributed by atoms with van der Waals surface area (Å²) >= 11 is 0. The Hall–Kier alpha value is -4.04. The summed E-state index contributed by atoms with van der Waals surface area (Å²) in [7, 11) is 1.86. The molecule has 2 fully saturated rings. The van der Waals surface area contributed by atoms with Gasteiger partial charge in [-0.25, -0.2) is 4.68 Å². The van der Waals surface area contributed by atoms with Gasteiger partial charge in [-0.2, -0.15) is 0 Å². The van der Waals surface area contributed by atoms with Crippen LogP contribution in [0.25, 0.3) is 11.0 Å². The molecule has 0 spiro atoms. The van der Waals surface area contributed by atoms with Gasteiger partial charge >= 0.3 is 0 Å². The van der Waals surface area contributed by atoms with Crippen molar-refractivity contribution < 1.29 is 9.59 Å². The lowest BCUT2D eigenvalue weighted by Crippen LogP contribution is -2.51. The summed E-state index contributed by atoms with van der Waals surface area (Å²) in [4.78, 5) is 29.3. The maximum absolute atomic E-state index is 13.9. The fraction of sp³-hybridized carbons (Fsp3) is 0.375. The first-order valence-electron chi connectivity index (χ1n) is 14.1. The Morgan fingerprint density at radius 3 is 2.58 bits per heavy atom. The number of nitrogens with one attached hydrogen (secondary N) is 2. The van der Waals surface area contributed by atoms with Crippen LogP contribution in [0, 0.1) is 12.8 Å². The Bertz CT molecular complexity index is 1500. The number of fused-ring (bicyclic) bond motifs is 1. The number of carbonyl (C=O) groups excluding carboxylic acids is 2. The number of benzene rings is 3. The molecule has 4 atom stereocenters. The predicted octanol–water partition coefficient (Wildman–Crippen LogP) is 3.50. The van der Waals surface area contributed by atoms with E-state index in [1.54, 1.807) is 4.68 Å². The van der Waals surface area contributed by atoms with E-state index in [-0.39, 0.29) is 23.8 Å². The number of aryl methyl sites for hydroxylation is 2. The van der Waals surface area contributed by atoms with Crippen LogP contribution in [0.2, 0.25) is 0 Å². The largest absolute Gasteiger partial charge is 0.350 e. The minimum Gasteiger partial charge on any atom is -0.350 e. The van der Waals surface area contributed by atoms with Crippen molar-refractivity contribution in [2.45, 2.75) is 50.7 Å². The van der Waals surface area contributed by atoms with E-state index in [0.717, 1.165) is 36.0 Å². The first kappa shape index (κ1) is 26.2. The highest BCUT2D eigenvalue weighted by Gasteiger charge is 2.43. The van der Waals surface area contributed by atoms with Crippen molar-refractivity contribution >= 4 is 22.8 Å². The van der Waals surface area contributed by atoms with Gasteiger partial charge in [0.1, 0.15) is 11.6 Å². The summed E-state index contributed by atoms with van der Waals surface area (Å²) in [5, 5.41) is 14.8. The zero-order chi connectivity index (χ0) is 27.6. The van der Waals surface area contributed by atoms with Crippen molar-refractivity contribution in [3.8, 4) is 0 Å². The maximum atomic E-state index is 13.9. The van der Waals surface area contributed by atoms with Crippen molar-refractivity contribution in [2.24, 2.45) is 13.0 Å². The number of hydrogen-bond acceptors (Lipinski definition) is 5. The van der Waals surface area contributed by atoms with Gasteiger partial charge in [-0.3, -0.25) is 9.59 Å². The Kier molecular flexibility index (Phi) is 7.34. The molecule has 1 aromatic heterocycles. The van der Waals surface area contributed by atoms with Gasteiger partial charge < -0.3 is 15.5 Å². The first-order valence-corrected chi connectivity index (χ1v) is 14.1. The van der Waals surface area contributed by atoms with E-state index in [9.17, 15) is 9.59 Å². The topological polar surface area (TPSA) is 92.2 Å². The molecule has 8 nitrogen and oxygen atoms in total. The highest BCUT2D eigenvalue weighted by molar-refractivity contribution is 5.90. The Morgan fingerprint density at radius 2 is 1.77 bits per heavy atom. The number of amides is 2. The number of carbonyl (C=O) groups is 2. The van der Waals surface area contributed by atoms with Crippen LogP contribution in [0.5, 0.6) is 0 Å². The van der Waals surface area contributed by atoms with E-state index in [1.807, 2.05) is 48.3 Å². The summed E-state index contributed by atoms with van der Waals surface area (Å²) in [6.45, 7) is 3.82. The standard InChI is InChI=1S/C32H36N6O2/c1-21-8-10-22(11-9-21)14-24-16-30(31(39)34-18-23-12-13-29-27(15-23)35-36-37(29)2)38(20-24)32(40)28-17-26(19-33-28)25-6-4-3-5-7-25/h3-13,15,24,26,28,30,33H,14,16-20H2,1-2H3,(H,34,39)/t24-,26-,28-,30+/m1/s1. The highest BCUT2D eigenvalue weighted by Crippen LogP contribution is 2.31. The van der Waals surface area contributed by atoms with E-state index in [1.165, 1.54) is 16.7 Å². The van der Waals surface area contributed by atoms with Crippen molar-refractivity contribution in [2.75, 3.05) is 13.1 Å². The van der Waals surface area contributed by atoms with E-state index >= 15 is 0 Å². The quantitative estimate of drug-likeness (QED) is 0.377. The molecule has 2 amide bonds. The second kappa shape index (κ2) is 11.2. The third-order valence-electron chi connectivity index (χ3n) is 8.46. The van der Waals surface area contributed by atoms with Crippen LogP contribution in [0.3, 0.4) is 0 Å². The summed E-state index contributed by atoms with van der Waals surface area (Å²) in [6, 6.07) is 24.0. The van der Waals surface area contributed by atoms with Crippen LogP contribution in [-0.4, -0.2) is 56.9 Å². The van der Waals surface area contributed by atoms with Crippen LogP contribution < -0.4 is 10.6 Å². The lowest BCUT2D eigenvalue weighted by Gasteiger charge is -2.27. The SMILES string of the molecule is Cc1ccc(C[C@@H]2C[C@@H](C(=O)NCc3ccc4c(c3)nnn4C)N(C(=O)[C@H]3C[C@@H](c4ccccc4)CN3)C2)cc1. The summed E-state index contributed by atoms with van der Waals surface area (Å²) in [5.41, 5.74) is 6.41. The molecule has 0 saturated carbocycles. The van der Waals surface area contributed by atoms with Crippen LogP contribution in [0.1, 0.15) is 41.0 Å². The second-order valence-electron chi connectivity index (χ2n) is 11.4. The minimum atomic E-state index is -0.485. The van der Waals surface area contributed by atoms with Gasteiger partial charge in [-0.05, 0) is 66.8 Å². The molecule has 0 radical (unpaired) electrons. The van der Waals surface area contributed by atoms with Gasteiger partial charge in [0.2, 0.25) is 11.8 Å². The molecule has 2 aliphatic rings. The summed E-state index contributed by atoms with van der Waals surface area (Å²) < 4.78 is 1.73. The van der Waals surface area contributed by atoms with E-state index in [0.29, 0.717) is 25.4 Å². The monoisotopic (exact) mass is 536 g/mol. The molecule has 40 heavy (non-hydrogen) atoms. The smallest absolute Gasteiger partial charge is 0.243 e. The average Bonchev–Trinajstić information content (AvgIpc) is 3.72. The molecule has 3 aromatic carbocycles. The summed E-state index contributed by atoms with van der Waals surface area (Å²) in [6.07, 6.45) is 2.25. The van der Waals surface area contributed by atoms with Crippen LogP contribution in [0.4, 0.5) is 0 Å². The fourth-order valence-electron chi connectivity index (χ4n) is 6.23. The van der Waals surface area contributed by atoms with Crippen molar-refractivity contribution in [3.63, 3.8) is 0 Å². The van der Waals surface area contributed by atoms with Crippen molar-refractivity contribution in [1.29, 1.82) is 0 Å². The molecular formula is C32H36N6O2. The molecule has 4 aromatic rings. The van der Waals surface area contributed by atoms with Crippen molar-refractivity contribution in [1.82, 2.24) is 30.5 Å². The van der Waals surface area contributed by atoms with Gasteiger partial charge in [0, 0.05) is 26.7 Å². The van der Waals surface area contributed by atoms with Crippen molar-refractivity contribution in [3.05, 3.63) is 95.1 Å². The average molecular weight is 537 g/mol. The molecule has 3 heterocycles. The lowest BCUT2D eigenvalue weighted by molar-refractivity contribution is -0.139. The molecule has 206 valence electrons. The van der Waals surface area contributed by atoms with Gasteiger partial charge in [-0.15, -0.1) is 5.10 Å². The number of rotatable bonds is 7. The lowest BCUT2D eigenvalue weighted by atomic mass is 9.96. The zero-order valence-corrected chi connectivity index (χ0v) is 23.1.